The summed E-state index contributed by atoms with van der Waals surface area (Å²) in [7, 11) is 0. The van der Waals surface area contributed by atoms with Gasteiger partial charge in [0, 0.05) is 0 Å². The second kappa shape index (κ2) is 6.51. The molecule has 1 rings (SSSR count). The van der Waals surface area contributed by atoms with Gasteiger partial charge in [0.05, 0.1) is 0 Å². The molecule has 0 fully saturated rings. The first kappa shape index (κ1) is 16.9. The third-order valence-corrected chi connectivity index (χ3v) is 2.34. The van der Waals surface area contributed by atoms with Gasteiger partial charge in [-0.2, -0.15) is 0 Å². The zero-order chi connectivity index (χ0) is 16.2. The van der Waals surface area contributed by atoms with Crippen LogP contribution in [-0.4, -0.2) is 23.6 Å². The van der Waals surface area contributed by atoms with Crippen molar-refractivity contribution in [2.75, 3.05) is 5.32 Å². The van der Waals surface area contributed by atoms with E-state index in [1.54, 1.807) is 20.8 Å². The highest BCUT2D eigenvalue weighted by atomic mass is 19.1. The maximum absolute atomic E-state index is 13.4. The summed E-state index contributed by atoms with van der Waals surface area (Å²) < 4.78 is 31.8. The Labute approximate surface area is 121 Å². The van der Waals surface area contributed by atoms with Crippen LogP contribution in [-0.2, 0) is 9.53 Å². The molecule has 0 aliphatic carbocycles. The standard InChI is InChI=1S/C14H18F2N2O3/c1-8(17-13(20)21-14(2,3)4)12(19)18-11-9(15)6-5-7-10(11)16/h5-8H,1-4H3,(H,17,20)(H,18,19). The number of para-hydroxylation sites is 1. The molecule has 0 aliphatic heterocycles. The number of carbonyl (C=O) groups is 2. The molecule has 2 amide bonds. The van der Waals surface area contributed by atoms with Gasteiger partial charge in [-0.1, -0.05) is 6.07 Å². The molecule has 0 aliphatic rings. The number of hydrogen-bond acceptors (Lipinski definition) is 3. The van der Waals surface area contributed by atoms with Crippen LogP contribution in [0.4, 0.5) is 19.3 Å². The van der Waals surface area contributed by atoms with Gasteiger partial charge < -0.3 is 15.4 Å². The Kier molecular flexibility index (Phi) is 5.23. The maximum atomic E-state index is 13.4. The molecule has 21 heavy (non-hydrogen) atoms. The normalized spacial score (nSPS) is 12.5. The molecule has 0 aromatic heterocycles. The largest absolute Gasteiger partial charge is 0.444 e. The number of alkyl carbamates (subject to hydrolysis) is 1. The lowest BCUT2D eigenvalue weighted by Crippen LogP contribution is -2.44. The van der Waals surface area contributed by atoms with Crippen LogP contribution in [0.1, 0.15) is 27.7 Å². The number of hydrogen-bond donors (Lipinski definition) is 2. The number of amides is 2. The van der Waals surface area contributed by atoms with Crippen molar-refractivity contribution in [3.05, 3.63) is 29.8 Å². The third-order valence-electron chi connectivity index (χ3n) is 2.34. The van der Waals surface area contributed by atoms with Crippen molar-refractivity contribution in [2.45, 2.75) is 39.3 Å². The van der Waals surface area contributed by atoms with Crippen molar-refractivity contribution in [3.63, 3.8) is 0 Å². The van der Waals surface area contributed by atoms with Crippen molar-refractivity contribution in [3.8, 4) is 0 Å². The first-order valence-corrected chi connectivity index (χ1v) is 6.34. The monoisotopic (exact) mass is 300 g/mol. The SMILES string of the molecule is CC(NC(=O)OC(C)(C)C)C(=O)Nc1c(F)cccc1F. The number of halogens is 2. The van der Waals surface area contributed by atoms with Crippen LogP contribution in [0, 0.1) is 11.6 Å². The lowest BCUT2D eigenvalue weighted by Gasteiger charge is -2.21. The van der Waals surface area contributed by atoms with Crippen LogP contribution in [0.3, 0.4) is 0 Å². The summed E-state index contributed by atoms with van der Waals surface area (Å²) in [6.45, 7) is 6.39. The summed E-state index contributed by atoms with van der Waals surface area (Å²) in [6, 6.07) is 2.21. The maximum Gasteiger partial charge on any atom is 0.408 e. The van der Waals surface area contributed by atoms with E-state index in [-0.39, 0.29) is 0 Å². The van der Waals surface area contributed by atoms with Crippen LogP contribution < -0.4 is 10.6 Å². The van der Waals surface area contributed by atoms with Crippen molar-refractivity contribution < 1.29 is 23.1 Å². The fourth-order valence-electron chi connectivity index (χ4n) is 1.40. The van der Waals surface area contributed by atoms with E-state index in [9.17, 15) is 18.4 Å². The van der Waals surface area contributed by atoms with Crippen molar-refractivity contribution in [1.29, 1.82) is 0 Å². The van der Waals surface area contributed by atoms with Crippen LogP contribution in [0.15, 0.2) is 18.2 Å². The van der Waals surface area contributed by atoms with E-state index in [2.05, 4.69) is 10.6 Å². The number of carbonyl (C=O) groups excluding carboxylic acids is 2. The molecule has 116 valence electrons. The number of nitrogens with one attached hydrogen (secondary N) is 2. The highest BCUT2D eigenvalue weighted by molar-refractivity contribution is 5.96. The Morgan fingerprint density at radius 3 is 2.19 bits per heavy atom. The van der Waals surface area contributed by atoms with Crippen LogP contribution in [0.2, 0.25) is 0 Å². The predicted molar refractivity (Wildman–Crippen MR) is 73.8 cm³/mol. The number of benzene rings is 1. The number of rotatable bonds is 3. The van der Waals surface area contributed by atoms with E-state index < -0.39 is 41.0 Å². The van der Waals surface area contributed by atoms with Crippen molar-refractivity contribution in [1.82, 2.24) is 5.32 Å². The van der Waals surface area contributed by atoms with Gasteiger partial charge in [0.2, 0.25) is 5.91 Å². The number of ether oxygens (including phenoxy) is 1. The molecule has 0 bridgehead atoms. The Balaban J connectivity index is 2.65. The second-order valence-electron chi connectivity index (χ2n) is 5.45. The summed E-state index contributed by atoms with van der Waals surface area (Å²) in [5, 5.41) is 4.36. The van der Waals surface area contributed by atoms with Crippen LogP contribution >= 0.6 is 0 Å². The summed E-state index contributed by atoms with van der Waals surface area (Å²) in [4.78, 5) is 23.3. The summed E-state index contributed by atoms with van der Waals surface area (Å²) in [6.07, 6.45) is -0.792. The minimum absolute atomic E-state index is 0.555. The molecule has 1 aromatic rings. The smallest absolute Gasteiger partial charge is 0.408 e. The van der Waals surface area contributed by atoms with E-state index in [0.29, 0.717) is 0 Å². The van der Waals surface area contributed by atoms with Gasteiger partial charge in [0.1, 0.15) is 29.0 Å². The molecule has 2 N–H and O–H groups in total. The lowest BCUT2D eigenvalue weighted by atomic mass is 10.2. The average molecular weight is 300 g/mol. The van der Waals surface area contributed by atoms with E-state index in [0.717, 1.165) is 12.1 Å². The fraction of sp³-hybridized carbons (Fsp3) is 0.429. The van der Waals surface area contributed by atoms with Gasteiger partial charge in [-0.15, -0.1) is 0 Å². The molecule has 1 atom stereocenters. The summed E-state index contributed by atoms with van der Waals surface area (Å²) >= 11 is 0. The van der Waals surface area contributed by atoms with E-state index in [4.69, 9.17) is 4.74 Å². The number of anilines is 1. The molecular formula is C14H18F2N2O3. The van der Waals surface area contributed by atoms with Crippen LogP contribution in [0.5, 0.6) is 0 Å². The van der Waals surface area contributed by atoms with Crippen molar-refractivity contribution >= 4 is 17.7 Å². The van der Waals surface area contributed by atoms with Gasteiger partial charge in [-0.05, 0) is 39.8 Å². The van der Waals surface area contributed by atoms with E-state index in [1.807, 2.05) is 0 Å². The summed E-state index contributed by atoms with van der Waals surface area (Å²) in [5.41, 5.74) is -1.27. The molecule has 0 spiro atoms. The van der Waals surface area contributed by atoms with E-state index >= 15 is 0 Å². The van der Waals surface area contributed by atoms with Gasteiger partial charge in [0.25, 0.3) is 0 Å². The molecule has 1 unspecified atom stereocenters. The van der Waals surface area contributed by atoms with Crippen LogP contribution in [0.25, 0.3) is 0 Å². The molecular weight excluding hydrogens is 282 g/mol. The Bertz CT molecular complexity index is 521. The zero-order valence-corrected chi connectivity index (χ0v) is 12.3. The van der Waals surface area contributed by atoms with Gasteiger partial charge in [0.15, 0.2) is 0 Å². The molecule has 1 aromatic carbocycles. The highest BCUT2D eigenvalue weighted by Crippen LogP contribution is 2.18. The first-order valence-electron chi connectivity index (χ1n) is 6.34. The summed E-state index contributed by atoms with van der Waals surface area (Å²) in [5.74, 6) is -2.55. The molecule has 7 heteroatoms. The topological polar surface area (TPSA) is 67.4 Å². The molecule has 0 saturated heterocycles. The molecule has 0 saturated carbocycles. The molecule has 0 radical (unpaired) electrons. The first-order chi connectivity index (χ1) is 9.60. The third kappa shape index (κ3) is 5.37. The lowest BCUT2D eigenvalue weighted by molar-refractivity contribution is -0.117. The van der Waals surface area contributed by atoms with E-state index in [1.165, 1.54) is 13.0 Å². The fourth-order valence-corrected chi connectivity index (χ4v) is 1.40. The molecule has 0 heterocycles. The van der Waals surface area contributed by atoms with Crippen molar-refractivity contribution in [2.24, 2.45) is 0 Å². The Morgan fingerprint density at radius 1 is 1.19 bits per heavy atom. The second-order valence-corrected chi connectivity index (χ2v) is 5.45. The minimum Gasteiger partial charge on any atom is -0.444 e. The predicted octanol–water partition coefficient (Wildman–Crippen LogP) is 2.82. The zero-order valence-electron chi connectivity index (χ0n) is 12.3. The minimum atomic E-state index is -1.01. The molecule has 5 nitrogen and oxygen atoms in total. The quantitative estimate of drug-likeness (QED) is 0.902. The van der Waals surface area contributed by atoms with Gasteiger partial charge in [-0.25, -0.2) is 13.6 Å². The highest BCUT2D eigenvalue weighted by Gasteiger charge is 2.22. The van der Waals surface area contributed by atoms with Gasteiger partial charge in [-0.3, -0.25) is 4.79 Å². The van der Waals surface area contributed by atoms with Gasteiger partial charge >= 0.3 is 6.09 Å². The Morgan fingerprint density at radius 2 is 1.71 bits per heavy atom. The average Bonchev–Trinajstić information content (AvgIpc) is 2.31. The Hall–Kier alpha value is -2.18.